The average Bonchev–Trinajstić information content (AvgIpc) is 3.17. The Hall–Kier alpha value is -3.09. The lowest BCUT2D eigenvalue weighted by molar-refractivity contribution is 0.633. The van der Waals surface area contributed by atoms with E-state index < -0.39 is 0 Å². The standard InChI is InChI=1S/C20H23N5O2/c1-6-23-18(26)16-17(22(5)20(23)27)21-19-24(12(2)13(3)25(16)19)14(4)15-10-8-7-9-11-15/h7-11,14H,6H2,1-5H3/t14-/m1/s1. The third-order valence-electron chi connectivity index (χ3n) is 5.55. The Bertz CT molecular complexity index is 1290. The molecule has 7 nitrogen and oxygen atoms in total. The fourth-order valence-electron chi connectivity index (χ4n) is 3.90. The van der Waals surface area contributed by atoms with E-state index in [2.05, 4.69) is 23.6 Å². The van der Waals surface area contributed by atoms with Crippen LogP contribution in [-0.4, -0.2) is 23.1 Å². The molecular weight excluding hydrogens is 342 g/mol. The molecule has 1 aromatic carbocycles. The summed E-state index contributed by atoms with van der Waals surface area (Å²) in [6.45, 7) is 8.26. The maximum absolute atomic E-state index is 13.0. The van der Waals surface area contributed by atoms with Crippen LogP contribution < -0.4 is 11.2 Å². The molecule has 3 heterocycles. The monoisotopic (exact) mass is 365 g/mol. The molecule has 140 valence electrons. The number of imidazole rings is 2. The van der Waals surface area contributed by atoms with E-state index in [0.29, 0.717) is 23.5 Å². The molecule has 0 saturated heterocycles. The van der Waals surface area contributed by atoms with Crippen molar-refractivity contribution in [2.75, 3.05) is 0 Å². The van der Waals surface area contributed by atoms with E-state index in [9.17, 15) is 9.59 Å². The molecule has 27 heavy (non-hydrogen) atoms. The fraction of sp³-hybridized carbons (Fsp3) is 0.350. The number of hydrogen-bond donors (Lipinski definition) is 0. The second-order valence-electron chi connectivity index (χ2n) is 6.94. The van der Waals surface area contributed by atoms with Gasteiger partial charge in [-0.25, -0.2) is 4.79 Å². The zero-order chi connectivity index (χ0) is 19.5. The average molecular weight is 365 g/mol. The first-order valence-electron chi connectivity index (χ1n) is 9.12. The molecule has 0 saturated carbocycles. The maximum atomic E-state index is 13.0. The van der Waals surface area contributed by atoms with Crippen molar-refractivity contribution >= 4 is 16.9 Å². The summed E-state index contributed by atoms with van der Waals surface area (Å²) in [5.74, 6) is 0.678. The normalized spacial score (nSPS) is 12.9. The predicted octanol–water partition coefficient (Wildman–Crippen LogP) is 2.40. The molecule has 0 amide bonds. The van der Waals surface area contributed by atoms with Gasteiger partial charge in [-0.1, -0.05) is 30.3 Å². The van der Waals surface area contributed by atoms with Crippen molar-refractivity contribution in [3.8, 4) is 0 Å². The summed E-state index contributed by atoms with van der Waals surface area (Å²) in [5.41, 5.74) is 3.39. The van der Waals surface area contributed by atoms with Crippen LogP contribution in [0.3, 0.4) is 0 Å². The fourth-order valence-corrected chi connectivity index (χ4v) is 3.90. The van der Waals surface area contributed by atoms with Crippen LogP contribution >= 0.6 is 0 Å². The van der Waals surface area contributed by atoms with Crippen molar-refractivity contribution in [2.45, 2.75) is 40.3 Å². The highest BCUT2D eigenvalue weighted by Gasteiger charge is 2.24. The quantitative estimate of drug-likeness (QED) is 0.560. The lowest BCUT2D eigenvalue weighted by atomic mass is 10.1. The van der Waals surface area contributed by atoms with Crippen LogP contribution in [0.15, 0.2) is 39.9 Å². The van der Waals surface area contributed by atoms with Gasteiger partial charge in [-0.2, -0.15) is 4.98 Å². The first kappa shape index (κ1) is 17.3. The first-order chi connectivity index (χ1) is 12.9. The molecule has 4 rings (SSSR count). The highest BCUT2D eigenvalue weighted by atomic mass is 16.2. The summed E-state index contributed by atoms with van der Waals surface area (Å²) in [5, 5.41) is 0. The van der Waals surface area contributed by atoms with Gasteiger partial charge in [-0.05, 0) is 33.3 Å². The maximum Gasteiger partial charge on any atom is 0.332 e. The van der Waals surface area contributed by atoms with Crippen LogP contribution in [0, 0.1) is 13.8 Å². The van der Waals surface area contributed by atoms with Crippen molar-refractivity contribution in [2.24, 2.45) is 7.05 Å². The first-order valence-corrected chi connectivity index (χ1v) is 9.12. The molecule has 0 aliphatic rings. The zero-order valence-electron chi connectivity index (χ0n) is 16.2. The molecular formula is C20H23N5O2. The number of fused-ring (bicyclic) bond motifs is 3. The van der Waals surface area contributed by atoms with E-state index in [1.165, 1.54) is 9.13 Å². The molecule has 0 N–H and O–H groups in total. The van der Waals surface area contributed by atoms with Gasteiger partial charge < -0.3 is 4.57 Å². The van der Waals surface area contributed by atoms with E-state index in [1.807, 2.05) is 36.4 Å². The second-order valence-corrected chi connectivity index (χ2v) is 6.94. The predicted molar refractivity (Wildman–Crippen MR) is 106 cm³/mol. The minimum atomic E-state index is -0.340. The van der Waals surface area contributed by atoms with Crippen LogP contribution in [-0.2, 0) is 13.6 Å². The van der Waals surface area contributed by atoms with E-state index in [-0.39, 0.29) is 17.3 Å². The van der Waals surface area contributed by atoms with Gasteiger partial charge in [-0.3, -0.25) is 18.3 Å². The molecule has 0 aliphatic heterocycles. The molecule has 0 fully saturated rings. The smallest absolute Gasteiger partial charge is 0.307 e. The molecule has 7 heteroatoms. The minimum Gasteiger partial charge on any atom is -0.307 e. The van der Waals surface area contributed by atoms with Gasteiger partial charge in [0.25, 0.3) is 5.56 Å². The Labute approximate surface area is 156 Å². The summed E-state index contributed by atoms with van der Waals surface area (Å²) in [7, 11) is 1.66. The van der Waals surface area contributed by atoms with Gasteiger partial charge in [0.15, 0.2) is 11.2 Å². The number of rotatable bonds is 3. The summed E-state index contributed by atoms with van der Waals surface area (Å²) < 4.78 is 6.73. The van der Waals surface area contributed by atoms with Crippen molar-refractivity contribution < 1.29 is 0 Å². The Morgan fingerprint density at radius 1 is 1.07 bits per heavy atom. The van der Waals surface area contributed by atoms with Crippen LogP contribution in [0.2, 0.25) is 0 Å². The Morgan fingerprint density at radius 2 is 1.74 bits per heavy atom. The summed E-state index contributed by atoms with van der Waals surface area (Å²) in [6, 6.07) is 10.2. The van der Waals surface area contributed by atoms with Gasteiger partial charge in [0.05, 0.1) is 6.04 Å². The Morgan fingerprint density at radius 3 is 2.37 bits per heavy atom. The van der Waals surface area contributed by atoms with Gasteiger partial charge in [-0.15, -0.1) is 0 Å². The lowest BCUT2D eigenvalue weighted by Gasteiger charge is -2.16. The molecule has 0 spiro atoms. The number of benzene rings is 1. The van der Waals surface area contributed by atoms with Crippen molar-refractivity contribution in [1.82, 2.24) is 23.1 Å². The molecule has 3 aromatic heterocycles. The van der Waals surface area contributed by atoms with Crippen LogP contribution in [0.25, 0.3) is 16.9 Å². The van der Waals surface area contributed by atoms with Gasteiger partial charge in [0.2, 0.25) is 5.78 Å². The van der Waals surface area contributed by atoms with Crippen molar-refractivity contribution in [1.29, 1.82) is 0 Å². The number of aryl methyl sites for hydroxylation is 2. The SMILES string of the molecule is CCn1c(=O)c2c(nc3n([C@H](C)c4ccccc4)c(C)c(C)n23)n(C)c1=O. The Kier molecular flexibility index (Phi) is 3.83. The number of aromatic nitrogens is 5. The van der Waals surface area contributed by atoms with E-state index in [1.54, 1.807) is 14.0 Å². The molecule has 4 aromatic rings. The molecule has 0 radical (unpaired) electrons. The zero-order valence-corrected chi connectivity index (χ0v) is 16.2. The van der Waals surface area contributed by atoms with E-state index >= 15 is 0 Å². The highest BCUT2D eigenvalue weighted by Crippen LogP contribution is 2.27. The van der Waals surface area contributed by atoms with Crippen molar-refractivity contribution in [3.05, 3.63) is 68.1 Å². The third-order valence-corrected chi connectivity index (χ3v) is 5.55. The highest BCUT2D eigenvalue weighted by molar-refractivity contribution is 5.76. The van der Waals surface area contributed by atoms with Gasteiger partial charge in [0.1, 0.15) is 0 Å². The lowest BCUT2D eigenvalue weighted by Crippen LogP contribution is -2.38. The summed E-state index contributed by atoms with van der Waals surface area (Å²) in [4.78, 5) is 30.2. The van der Waals surface area contributed by atoms with Crippen LogP contribution in [0.5, 0.6) is 0 Å². The molecule has 0 aliphatic carbocycles. The number of nitrogens with zero attached hydrogens (tertiary/aromatic N) is 5. The number of hydrogen-bond acceptors (Lipinski definition) is 3. The molecule has 0 bridgehead atoms. The third kappa shape index (κ3) is 2.24. The minimum absolute atomic E-state index is 0.0460. The topological polar surface area (TPSA) is 66.2 Å². The summed E-state index contributed by atoms with van der Waals surface area (Å²) in [6.07, 6.45) is 0. The van der Waals surface area contributed by atoms with Crippen LogP contribution in [0.4, 0.5) is 0 Å². The van der Waals surface area contributed by atoms with E-state index in [0.717, 1.165) is 17.0 Å². The molecule has 1 atom stereocenters. The second kappa shape index (κ2) is 5.97. The molecule has 0 unspecified atom stereocenters. The summed E-state index contributed by atoms with van der Waals surface area (Å²) >= 11 is 0. The van der Waals surface area contributed by atoms with Gasteiger partial charge >= 0.3 is 5.69 Å². The Balaban J connectivity index is 2.15. The van der Waals surface area contributed by atoms with Gasteiger partial charge in [0, 0.05) is 25.0 Å². The van der Waals surface area contributed by atoms with Crippen molar-refractivity contribution in [3.63, 3.8) is 0 Å². The van der Waals surface area contributed by atoms with Crippen LogP contribution in [0.1, 0.15) is 36.8 Å². The van der Waals surface area contributed by atoms with E-state index in [4.69, 9.17) is 4.98 Å². The largest absolute Gasteiger partial charge is 0.332 e.